The van der Waals surface area contributed by atoms with Gasteiger partial charge in [-0.3, -0.25) is 4.31 Å². The summed E-state index contributed by atoms with van der Waals surface area (Å²) in [4.78, 5) is 11.8. The Morgan fingerprint density at radius 1 is 1.45 bits per heavy atom. The molecular formula is C15H22N2O2S. The lowest BCUT2D eigenvalue weighted by Gasteiger charge is -2.35. The number of hydrogen-bond donors (Lipinski definition) is 1. The van der Waals surface area contributed by atoms with Crippen molar-refractivity contribution in [2.75, 3.05) is 19.3 Å². The molecule has 1 heterocycles. The lowest BCUT2D eigenvalue weighted by atomic mass is 9.95. The highest BCUT2D eigenvalue weighted by Crippen LogP contribution is 2.21. The Bertz CT molecular complexity index is 427. The number of amides is 1. The monoisotopic (exact) mass is 294 g/mol. The predicted octanol–water partition coefficient (Wildman–Crippen LogP) is 2.90. The van der Waals surface area contributed by atoms with Gasteiger partial charge in [0.05, 0.1) is 0 Å². The molecule has 1 N–H and O–H groups in total. The van der Waals surface area contributed by atoms with Crippen LogP contribution in [0.25, 0.3) is 0 Å². The third kappa shape index (κ3) is 4.42. The molecule has 1 aromatic rings. The number of nitrogens with zero attached hydrogens (tertiary/aromatic N) is 1. The fourth-order valence-electron chi connectivity index (χ4n) is 2.40. The minimum absolute atomic E-state index is 0.210. The first kappa shape index (κ1) is 15.2. The molecule has 0 aliphatic carbocycles. The molecule has 1 aromatic carbocycles. The molecule has 0 spiro atoms. The number of rotatable bonds is 4. The summed E-state index contributed by atoms with van der Waals surface area (Å²) < 4.78 is 7.59. The van der Waals surface area contributed by atoms with Crippen LogP contribution in [0.15, 0.2) is 30.3 Å². The van der Waals surface area contributed by atoms with Crippen LogP contribution < -0.4 is 5.32 Å². The third-order valence-electron chi connectivity index (χ3n) is 3.64. The van der Waals surface area contributed by atoms with Crippen LogP contribution in [0.2, 0.25) is 0 Å². The second-order valence-electron chi connectivity index (χ2n) is 5.15. The molecular weight excluding hydrogens is 272 g/mol. The van der Waals surface area contributed by atoms with Crippen LogP contribution in [-0.4, -0.2) is 35.8 Å². The number of piperidine rings is 1. The normalized spacial score (nSPS) is 23.3. The van der Waals surface area contributed by atoms with Crippen LogP contribution in [-0.2, 0) is 11.3 Å². The lowest BCUT2D eigenvalue weighted by Crippen LogP contribution is -2.48. The largest absolute Gasteiger partial charge is 0.445 e. The maximum atomic E-state index is 11.8. The van der Waals surface area contributed by atoms with Crippen LogP contribution in [0.4, 0.5) is 4.79 Å². The molecule has 1 fully saturated rings. The molecule has 1 saturated heterocycles. The second-order valence-corrected chi connectivity index (χ2v) is 6.03. The summed E-state index contributed by atoms with van der Waals surface area (Å²) >= 11 is 1.77. The first-order valence-electron chi connectivity index (χ1n) is 6.95. The van der Waals surface area contributed by atoms with Crippen LogP contribution in [0.3, 0.4) is 0 Å². The Morgan fingerprint density at radius 3 is 2.85 bits per heavy atom. The van der Waals surface area contributed by atoms with E-state index in [9.17, 15) is 4.79 Å². The average Bonchev–Trinajstić information content (AvgIpc) is 2.48. The van der Waals surface area contributed by atoms with E-state index in [1.54, 1.807) is 11.9 Å². The van der Waals surface area contributed by atoms with Gasteiger partial charge in [-0.05, 0) is 24.2 Å². The van der Waals surface area contributed by atoms with Gasteiger partial charge in [0.15, 0.2) is 0 Å². The zero-order valence-corrected chi connectivity index (χ0v) is 12.9. The number of benzene rings is 1. The van der Waals surface area contributed by atoms with Crippen LogP contribution in [0, 0.1) is 5.92 Å². The molecule has 2 rings (SSSR count). The smallest absolute Gasteiger partial charge is 0.407 e. The Morgan fingerprint density at radius 2 is 2.20 bits per heavy atom. The molecule has 2 atom stereocenters. The van der Waals surface area contributed by atoms with E-state index in [0.29, 0.717) is 12.5 Å². The number of carbonyl (C=O) groups excluding carboxylic acids is 1. The maximum Gasteiger partial charge on any atom is 0.407 e. The van der Waals surface area contributed by atoms with Crippen molar-refractivity contribution in [3.8, 4) is 0 Å². The summed E-state index contributed by atoms with van der Waals surface area (Å²) in [5.41, 5.74) is 1.01. The first-order chi connectivity index (χ1) is 9.69. The Labute approximate surface area is 125 Å². The van der Waals surface area contributed by atoms with Gasteiger partial charge in [-0.1, -0.05) is 49.2 Å². The minimum Gasteiger partial charge on any atom is -0.445 e. The first-order valence-corrected chi connectivity index (χ1v) is 8.13. The van der Waals surface area contributed by atoms with Gasteiger partial charge in [0.25, 0.3) is 0 Å². The highest BCUT2D eigenvalue weighted by atomic mass is 32.2. The van der Waals surface area contributed by atoms with Gasteiger partial charge >= 0.3 is 6.09 Å². The summed E-state index contributed by atoms with van der Waals surface area (Å²) in [5, 5.41) is 2.99. The zero-order chi connectivity index (χ0) is 14.4. The molecule has 110 valence electrons. The van der Waals surface area contributed by atoms with Crippen LogP contribution in [0.1, 0.15) is 18.9 Å². The van der Waals surface area contributed by atoms with E-state index in [4.69, 9.17) is 4.74 Å². The number of nitrogens with one attached hydrogen (secondary N) is 1. The summed E-state index contributed by atoms with van der Waals surface area (Å²) in [6, 6.07) is 9.94. The minimum atomic E-state index is -0.316. The van der Waals surface area contributed by atoms with Gasteiger partial charge in [-0.25, -0.2) is 4.79 Å². The van der Waals surface area contributed by atoms with Gasteiger partial charge in [-0.2, -0.15) is 0 Å². The van der Waals surface area contributed by atoms with Crippen molar-refractivity contribution in [1.29, 1.82) is 0 Å². The van der Waals surface area contributed by atoms with Gasteiger partial charge in [0.1, 0.15) is 6.61 Å². The molecule has 0 aromatic heterocycles. The highest BCUT2D eigenvalue weighted by Gasteiger charge is 2.27. The number of carbonyl (C=O) groups is 1. The number of ether oxygens (including phenoxy) is 1. The Kier molecular flexibility index (Phi) is 5.73. The van der Waals surface area contributed by atoms with E-state index in [1.807, 2.05) is 30.3 Å². The van der Waals surface area contributed by atoms with Gasteiger partial charge in [-0.15, -0.1) is 0 Å². The van der Waals surface area contributed by atoms with Gasteiger partial charge < -0.3 is 10.1 Å². The zero-order valence-electron chi connectivity index (χ0n) is 12.0. The van der Waals surface area contributed by atoms with E-state index in [1.165, 1.54) is 0 Å². The van der Waals surface area contributed by atoms with Crippen LogP contribution >= 0.6 is 11.9 Å². The molecule has 1 aliphatic heterocycles. The summed E-state index contributed by atoms with van der Waals surface area (Å²) in [6.07, 6.45) is 2.75. The summed E-state index contributed by atoms with van der Waals surface area (Å²) in [5.74, 6) is 0.445. The van der Waals surface area contributed by atoms with Crippen molar-refractivity contribution in [3.63, 3.8) is 0 Å². The third-order valence-corrected chi connectivity index (χ3v) is 4.49. The van der Waals surface area contributed by atoms with Crippen molar-refractivity contribution in [2.45, 2.75) is 26.0 Å². The average molecular weight is 294 g/mol. The van der Waals surface area contributed by atoms with Crippen molar-refractivity contribution in [3.05, 3.63) is 35.9 Å². The molecule has 2 unspecified atom stereocenters. The Balaban J connectivity index is 1.74. The van der Waals surface area contributed by atoms with E-state index in [0.717, 1.165) is 25.1 Å². The Hall–Kier alpha value is -1.20. The molecule has 1 amide bonds. The van der Waals surface area contributed by atoms with Crippen LogP contribution in [0.5, 0.6) is 0 Å². The van der Waals surface area contributed by atoms with Crippen molar-refractivity contribution >= 4 is 18.0 Å². The molecule has 5 heteroatoms. The fourth-order valence-corrected chi connectivity index (χ4v) is 3.08. The SMILES string of the molecule is CSN1CCC(NC(=O)OCc2ccccc2)C(C)C1. The standard InChI is InChI=1S/C15H22N2O2S/c1-12-10-17(20-2)9-8-14(12)16-15(18)19-11-13-6-4-3-5-7-13/h3-7,12,14H,8-11H2,1-2H3,(H,16,18). The van der Waals surface area contributed by atoms with Crippen molar-refractivity contribution < 1.29 is 9.53 Å². The fraction of sp³-hybridized carbons (Fsp3) is 0.533. The molecule has 1 aliphatic rings. The summed E-state index contributed by atoms with van der Waals surface area (Å²) in [6.45, 7) is 4.51. The van der Waals surface area contributed by atoms with Crippen molar-refractivity contribution in [2.24, 2.45) is 5.92 Å². The molecule has 20 heavy (non-hydrogen) atoms. The van der Waals surface area contributed by atoms with E-state index < -0.39 is 0 Å². The molecule has 0 radical (unpaired) electrons. The maximum absolute atomic E-state index is 11.8. The molecule has 0 bridgehead atoms. The van der Waals surface area contributed by atoms with Gasteiger partial charge in [0.2, 0.25) is 0 Å². The molecule has 0 saturated carbocycles. The van der Waals surface area contributed by atoms with E-state index >= 15 is 0 Å². The van der Waals surface area contributed by atoms with Crippen molar-refractivity contribution in [1.82, 2.24) is 9.62 Å². The number of alkyl carbamates (subject to hydrolysis) is 1. The van der Waals surface area contributed by atoms with E-state index in [-0.39, 0.29) is 12.1 Å². The lowest BCUT2D eigenvalue weighted by molar-refractivity contribution is 0.125. The quantitative estimate of drug-likeness (QED) is 0.867. The second kappa shape index (κ2) is 7.55. The molecule has 4 nitrogen and oxygen atoms in total. The topological polar surface area (TPSA) is 41.6 Å². The number of hydrogen-bond acceptors (Lipinski definition) is 4. The highest BCUT2D eigenvalue weighted by molar-refractivity contribution is 7.96. The summed E-state index contributed by atoms with van der Waals surface area (Å²) in [7, 11) is 0. The van der Waals surface area contributed by atoms with Gasteiger partial charge in [0, 0.05) is 19.1 Å². The van der Waals surface area contributed by atoms with E-state index in [2.05, 4.69) is 22.8 Å². The predicted molar refractivity (Wildman–Crippen MR) is 82.4 cm³/mol.